The molecular formula is C11H9ClN4O. The topological polar surface area (TPSA) is 80.9 Å². The number of aromatic nitrogens is 2. The van der Waals surface area contributed by atoms with E-state index >= 15 is 0 Å². The number of nitrogens with one attached hydrogen (secondary N) is 1. The first kappa shape index (κ1) is 11.3. The van der Waals surface area contributed by atoms with Crippen molar-refractivity contribution < 1.29 is 4.79 Å². The lowest BCUT2D eigenvalue weighted by molar-refractivity contribution is 0.102. The van der Waals surface area contributed by atoms with Gasteiger partial charge in [-0.25, -0.2) is 9.97 Å². The Kier molecular flexibility index (Phi) is 3.20. The Balaban J connectivity index is 2.17. The summed E-state index contributed by atoms with van der Waals surface area (Å²) >= 11 is 5.69. The van der Waals surface area contributed by atoms with Crippen LogP contribution in [0, 0.1) is 0 Å². The van der Waals surface area contributed by atoms with Crippen molar-refractivity contribution in [3.05, 3.63) is 47.2 Å². The molecule has 2 rings (SSSR count). The van der Waals surface area contributed by atoms with Crippen LogP contribution in [0.4, 0.5) is 11.6 Å². The van der Waals surface area contributed by atoms with Crippen LogP contribution < -0.4 is 11.1 Å². The van der Waals surface area contributed by atoms with Crippen LogP contribution in [0.5, 0.6) is 0 Å². The Morgan fingerprint density at radius 1 is 1.29 bits per heavy atom. The molecule has 2 aromatic rings. The zero-order chi connectivity index (χ0) is 12.3. The van der Waals surface area contributed by atoms with E-state index in [0.29, 0.717) is 16.4 Å². The fourth-order valence-electron chi connectivity index (χ4n) is 1.24. The molecule has 0 aliphatic carbocycles. The van der Waals surface area contributed by atoms with Crippen molar-refractivity contribution >= 4 is 29.1 Å². The molecule has 0 spiro atoms. The largest absolute Gasteiger partial charge is 0.383 e. The second kappa shape index (κ2) is 4.80. The van der Waals surface area contributed by atoms with Crippen molar-refractivity contribution in [2.45, 2.75) is 0 Å². The summed E-state index contributed by atoms with van der Waals surface area (Å²) in [5, 5.41) is 3.10. The molecule has 5 nitrogen and oxygen atoms in total. The molecule has 2 aromatic heterocycles. The Hall–Kier alpha value is -2.14. The Morgan fingerprint density at radius 2 is 2.12 bits per heavy atom. The minimum atomic E-state index is -0.356. The van der Waals surface area contributed by atoms with Crippen molar-refractivity contribution in [1.29, 1.82) is 0 Å². The SMILES string of the molecule is Nc1ncccc1C(=O)Nc1ccc(Cl)cn1. The molecule has 0 radical (unpaired) electrons. The van der Waals surface area contributed by atoms with E-state index in [1.807, 2.05) is 0 Å². The maximum atomic E-state index is 11.8. The number of nitrogens with zero attached hydrogens (tertiary/aromatic N) is 2. The van der Waals surface area contributed by atoms with Gasteiger partial charge in [-0.2, -0.15) is 0 Å². The molecular weight excluding hydrogens is 240 g/mol. The standard InChI is InChI=1S/C11H9ClN4O/c12-7-3-4-9(15-6-7)16-11(17)8-2-1-5-14-10(8)13/h1-6H,(H2,13,14)(H,15,16,17). The molecule has 0 aliphatic rings. The Labute approximate surface area is 103 Å². The van der Waals surface area contributed by atoms with Gasteiger partial charge in [0.25, 0.3) is 5.91 Å². The van der Waals surface area contributed by atoms with E-state index in [2.05, 4.69) is 15.3 Å². The Bertz CT molecular complexity index is 541. The summed E-state index contributed by atoms with van der Waals surface area (Å²) in [5.74, 6) is 0.229. The molecule has 0 saturated carbocycles. The molecule has 2 heterocycles. The number of carbonyl (C=O) groups is 1. The van der Waals surface area contributed by atoms with Gasteiger partial charge in [-0.1, -0.05) is 11.6 Å². The van der Waals surface area contributed by atoms with E-state index < -0.39 is 0 Å². The first-order valence-electron chi connectivity index (χ1n) is 4.80. The summed E-state index contributed by atoms with van der Waals surface area (Å²) in [5.41, 5.74) is 5.90. The number of rotatable bonds is 2. The molecule has 0 aromatic carbocycles. The summed E-state index contributed by atoms with van der Waals surface area (Å²) in [6, 6.07) is 6.47. The fraction of sp³-hybridized carbons (Fsp3) is 0. The van der Waals surface area contributed by atoms with Gasteiger partial charge in [0, 0.05) is 12.4 Å². The molecule has 0 aliphatic heterocycles. The zero-order valence-electron chi connectivity index (χ0n) is 8.72. The van der Waals surface area contributed by atoms with Crippen LogP contribution in [-0.4, -0.2) is 15.9 Å². The molecule has 17 heavy (non-hydrogen) atoms. The number of carbonyl (C=O) groups excluding carboxylic acids is 1. The number of hydrogen-bond donors (Lipinski definition) is 2. The predicted molar refractivity (Wildman–Crippen MR) is 65.8 cm³/mol. The highest BCUT2D eigenvalue weighted by molar-refractivity contribution is 6.30. The van der Waals surface area contributed by atoms with Crippen LogP contribution >= 0.6 is 11.6 Å². The zero-order valence-corrected chi connectivity index (χ0v) is 9.48. The maximum absolute atomic E-state index is 11.8. The second-order valence-corrected chi connectivity index (χ2v) is 3.69. The van der Waals surface area contributed by atoms with Crippen molar-refractivity contribution in [3.63, 3.8) is 0 Å². The van der Waals surface area contributed by atoms with Crippen LogP contribution in [0.15, 0.2) is 36.7 Å². The van der Waals surface area contributed by atoms with Gasteiger partial charge in [0.1, 0.15) is 11.6 Å². The van der Waals surface area contributed by atoms with Gasteiger partial charge in [0.05, 0.1) is 10.6 Å². The summed E-state index contributed by atoms with van der Waals surface area (Å²) in [4.78, 5) is 19.6. The number of amides is 1. The predicted octanol–water partition coefficient (Wildman–Crippen LogP) is 1.96. The highest BCUT2D eigenvalue weighted by Gasteiger charge is 2.10. The first-order chi connectivity index (χ1) is 8.16. The second-order valence-electron chi connectivity index (χ2n) is 3.25. The number of hydrogen-bond acceptors (Lipinski definition) is 4. The number of pyridine rings is 2. The third-order valence-electron chi connectivity index (χ3n) is 2.05. The van der Waals surface area contributed by atoms with E-state index in [1.54, 1.807) is 24.3 Å². The van der Waals surface area contributed by atoms with Crippen molar-refractivity contribution in [2.24, 2.45) is 0 Å². The van der Waals surface area contributed by atoms with Crippen LogP contribution in [-0.2, 0) is 0 Å². The summed E-state index contributed by atoms with van der Waals surface area (Å²) in [7, 11) is 0. The van der Waals surface area contributed by atoms with E-state index in [9.17, 15) is 4.79 Å². The van der Waals surface area contributed by atoms with E-state index in [4.69, 9.17) is 17.3 Å². The van der Waals surface area contributed by atoms with Crippen LogP contribution in [0.1, 0.15) is 10.4 Å². The van der Waals surface area contributed by atoms with Gasteiger partial charge in [-0.3, -0.25) is 4.79 Å². The average Bonchev–Trinajstić information content (AvgIpc) is 2.32. The monoisotopic (exact) mass is 248 g/mol. The van der Waals surface area contributed by atoms with Gasteiger partial charge in [0.2, 0.25) is 0 Å². The number of nitrogen functional groups attached to an aromatic ring is 1. The molecule has 6 heteroatoms. The lowest BCUT2D eigenvalue weighted by Gasteiger charge is -2.05. The van der Waals surface area contributed by atoms with Gasteiger partial charge in [0.15, 0.2) is 0 Å². The third kappa shape index (κ3) is 2.70. The first-order valence-corrected chi connectivity index (χ1v) is 5.18. The van der Waals surface area contributed by atoms with Crippen molar-refractivity contribution in [3.8, 4) is 0 Å². The lowest BCUT2D eigenvalue weighted by atomic mass is 10.2. The minimum Gasteiger partial charge on any atom is -0.383 e. The maximum Gasteiger partial charge on any atom is 0.260 e. The number of anilines is 2. The number of nitrogens with two attached hydrogens (primary N) is 1. The lowest BCUT2D eigenvalue weighted by Crippen LogP contribution is -2.15. The quantitative estimate of drug-likeness (QED) is 0.851. The average molecular weight is 249 g/mol. The van der Waals surface area contributed by atoms with Gasteiger partial charge in [-0.05, 0) is 24.3 Å². The third-order valence-corrected chi connectivity index (χ3v) is 2.28. The van der Waals surface area contributed by atoms with E-state index in [0.717, 1.165) is 0 Å². The van der Waals surface area contributed by atoms with Crippen LogP contribution in [0.2, 0.25) is 5.02 Å². The molecule has 0 fully saturated rings. The molecule has 86 valence electrons. The summed E-state index contributed by atoms with van der Waals surface area (Å²) in [6.07, 6.45) is 2.97. The molecule has 0 saturated heterocycles. The smallest absolute Gasteiger partial charge is 0.260 e. The number of halogens is 1. The summed E-state index contributed by atoms with van der Waals surface area (Å²) in [6.45, 7) is 0. The van der Waals surface area contributed by atoms with Crippen LogP contribution in [0.3, 0.4) is 0 Å². The van der Waals surface area contributed by atoms with Crippen molar-refractivity contribution in [2.75, 3.05) is 11.1 Å². The molecule has 1 amide bonds. The summed E-state index contributed by atoms with van der Waals surface area (Å²) < 4.78 is 0. The van der Waals surface area contributed by atoms with Crippen molar-refractivity contribution in [1.82, 2.24) is 9.97 Å². The molecule has 0 unspecified atom stereocenters. The van der Waals surface area contributed by atoms with E-state index in [1.165, 1.54) is 12.4 Å². The molecule has 3 N–H and O–H groups in total. The fourth-order valence-corrected chi connectivity index (χ4v) is 1.35. The molecule has 0 bridgehead atoms. The van der Waals surface area contributed by atoms with Gasteiger partial charge in [-0.15, -0.1) is 0 Å². The van der Waals surface area contributed by atoms with Gasteiger partial charge < -0.3 is 11.1 Å². The highest BCUT2D eigenvalue weighted by Crippen LogP contribution is 2.12. The van der Waals surface area contributed by atoms with Crippen LogP contribution in [0.25, 0.3) is 0 Å². The molecule has 0 atom stereocenters. The normalized spacial score (nSPS) is 9.94. The van der Waals surface area contributed by atoms with Gasteiger partial charge >= 0.3 is 0 Å². The Morgan fingerprint density at radius 3 is 2.76 bits per heavy atom. The van der Waals surface area contributed by atoms with E-state index in [-0.39, 0.29) is 11.7 Å². The minimum absolute atomic E-state index is 0.180. The highest BCUT2D eigenvalue weighted by atomic mass is 35.5.